The van der Waals surface area contributed by atoms with Crippen LogP contribution in [0.5, 0.6) is 0 Å². The van der Waals surface area contributed by atoms with Gasteiger partial charge < -0.3 is 9.64 Å². The molecule has 1 amide bonds. The molecule has 1 aliphatic rings. The van der Waals surface area contributed by atoms with E-state index in [0.717, 1.165) is 12.0 Å². The van der Waals surface area contributed by atoms with Crippen LogP contribution < -0.4 is 0 Å². The predicted octanol–water partition coefficient (Wildman–Crippen LogP) is 2.84. The van der Waals surface area contributed by atoms with Crippen molar-refractivity contribution in [1.29, 1.82) is 0 Å². The van der Waals surface area contributed by atoms with Crippen molar-refractivity contribution in [3.8, 4) is 0 Å². The maximum atomic E-state index is 13.0. The number of amides is 1. The summed E-state index contributed by atoms with van der Waals surface area (Å²) in [7, 11) is 0. The molecule has 1 heterocycles. The molecule has 0 N–H and O–H groups in total. The number of benzene rings is 2. The zero-order valence-corrected chi connectivity index (χ0v) is 13.0. The molecule has 3 nitrogen and oxygen atoms in total. The summed E-state index contributed by atoms with van der Waals surface area (Å²) in [5.41, 5.74) is 2.03. The summed E-state index contributed by atoms with van der Waals surface area (Å²) in [5, 5.41) is 0. The molecular formula is C19H20FNO2. The van der Waals surface area contributed by atoms with Gasteiger partial charge in [0.15, 0.2) is 0 Å². The number of nitrogens with zero attached hydrogens (tertiary/aromatic N) is 1. The van der Waals surface area contributed by atoms with Gasteiger partial charge in [0.2, 0.25) is 5.91 Å². The lowest BCUT2D eigenvalue weighted by atomic mass is 10.0. The molecule has 2 aromatic rings. The fourth-order valence-corrected chi connectivity index (χ4v) is 2.92. The highest BCUT2D eigenvalue weighted by Crippen LogP contribution is 2.15. The lowest BCUT2D eigenvalue weighted by Crippen LogP contribution is -2.50. The Morgan fingerprint density at radius 1 is 1.09 bits per heavy atom. The van der Waals surface area contributed by atoms with E-state index < -0.39 is 0 Å². The van der Waals surface area contributed by atoms with Crippen LogP contribution >= 0.6 is 0 Å². The highest BCUT2D eigenvalue weighted by molar-refractivity contribution is 5.79. The summed E-state index contributed by atoms with van der Waals surface area (Å²) in [5.74, 6) is -0.213. The molecule has 4 heteroatoms. The maximum Gasteiger partial charge on any atom is 0.227 e. The number of hydrogen-bond acceptors (Lipinski definition) is 2. The molecule has 0 saturated carbocycles. The maximum absolute atomic E-state index is 13.0. The van der Waals surface area contributed by atoms with Gasteiger partial charge in [0.25, 0.3) is 0 Å². The SMILES string of the molecule is O=C(Cc1ccc(F)cc1)N1CCOCC1Cc1ccccc1. The van der Waals surface area contributed by atoms with Gasteiger partial charge in [-0.25, -0.2) is 4.39 Å². The Morgan fingerprint density at radius 3 is 2.57 bits per heavy atom. The molecule has 1 unspecified atom stereocenters. The van der Waals surface area contributed by atoms with Crippen LogP contribution in [0.4, 0.5) is 4.39 Å². The molecule has 1 aliphatic heterocycles. The molecule has 3 rings (SSSR count). The van der Waals surface area contributed by atoms with Crippen LogP contribution in [0.1, 0.15) is 11.1 Å². The molecule has 0 aromatic heterocycles. The Morgan fingerprint density at radius 2 is 1.83 bits per heavy atom. The molecule has 1 fully saturated rings. The Kier molecular flexibility index (Phi) is 5.03. The molecule has 23 heavy (non-hydrogen) atoms. The van der Waals surface area contributed by atoms with E-state index in [4.69, 9.17) is 4.74 Å². The highest BCUT2D eigenvalue weighted by atomic mass is 19.1. The third-order valence-electron chi connectivity index (χ3n) is 4.13. The van der Waals surface area contributed by atoms with Gasteiger partial charge in [-0.3, -0.25) is 4.79 Å². The molecule has 1 saturated heterocycles. The second-order valence-electron chi connectivity index (χ2n) is 5.81. The zero-order valence-electron chi connectivity index (χ0n) is 13.0. The first kappa shape index (κ1) is 15.7. The van der Waals surface area contributed by atoms with Gasteiger partial charge in [-0.15, -0.1) is 0 Å². The Hall–Kier alpha value is -2.20. The molecule has 0 bridgehead atoms. The fourth-order valence-electron chi connectivity index (χ4n) is 2.92. The highest BCUT2D eigenvalue weighted by Gasteiger charge is 2.27. The lowest BCUT2D eigenvalue weighted by molar-refractivity contribution is -0.139. The standard InChI is InChI=1S/C19H20FNO2/c20-17-8-6-16(7-9-17)13-19(22)21-10-11-23-14-18(21)12-15-4-2-1-3-5-15/h1-9,18H,10-14H2. The number of morpholine rings is 1. The number of ether oxygens (including phenoxy) is 1. The molecule has 120 valence electrons. The van der Waals surface area contributed by atoms with Crippen LogP contribution in [0.2, 0.25) is 0 Å². The summed E-state index contributed by atoms with van der Waals surface area (Å²) < 4.78 is 18.5. The zero-order chi connectivity index (χ0) is 16.1. The second kappa shape index (κ2) is 7.38. The largest absolute Gasteiger partial charge is 0.377 e. The van der Waals surface area contributed by atoms with Crippen LogP contribution in [0.15, 0.2) is 54.6 Å². The summed E-state index contributed by atoms with van der Waals surface area (Å²) >= 11 is 0. The molecule has 0 aliphatic carbocycles. The van der Waals surface area contributed by atoms with Crippen molar-refractivity contribution >= 4 is 5.91 Å². The van der Waals surface area contributed by atoms with Crippen molar-refractivity contribution in [3.05, 3.63) is 71.5 Å². The van der Waals surface area contributed by atoms with Gasteiger partial charge >= 0.3 is 0 Å². The van der Waals surface area contributed by atoms with Gasteiger partial charge in [0.05, 0.1) is 25.7 Å². The molecule has 0 spiro atoms. The van der Waals surface area contributed by atoms with Crippen molar-refractivity contribution in [2.75, 3.05) is 19.8 Å². The molecular weight excluding hydrogens is 293 g/mol. The van der Waals surface area contributed by atoms with Crippen molar-refractivity contribution < 1.29 is 13.9 Å². The monoisotopic (exact) mass is 313 g/mol. The minimum absolute atomic E-state index is 0.0547. The van der Waals surface area contributed by atoms with Gasteiger partial charge in [0, 0.05) is 6.54 Å². The van der Waals surface area contributed by atoms with Gasteiger partial charge in [-0.05, 0) is 29.7 Å². The first-order valence-corrected chi connectivity index (χ1v) is 7.88. The van der Waals surface area contributed by atoms with Crippen LogP contribution in [-0.4, -0.2) is 36.6 Å². The van der Waals surface area contributed by atoms with Gasteiger partial charge in [-0.2, -0.15) is 0 Å². The van der Waals surface area contributed by atoms with E-state index in [2.05, 4.69) is 12.1 Å². The van der Waals surface area contributed by atoms with Crippen molar-refractivity contribution in [1.82, 2.24) is 4.90 Å². The molecule has 0 radical (unpaired) electrons. The first-order chi connectivity index (χ1) is 11.2. The Labute approximate surface area is 135 Å². The minimum atomic E-state index is -0.283. The van der Waals surface area contributed by atoms with Crippen LogP contribution in [0, 0.1) is 5.82 Å². The van der Waals surface area contributed by atoms with E-state index in [9.17, 15) is 9.18 Å². The van der Waals surface area contributed by atoms with Crippen molar-refractivity contribution in [2.24, 2.45) is 0 Å². The van der Waals surface area contributed by atoms with Crippen molar-refractivity contribution in [2.45, 2.75) is 18.9 Å². The average molecular weight is 313 g/mol. The quantitative estimate of drug-likeness (QED) is 0.869. The summed E-state index contributed by atoms with van der Waals surface area (Å²) in [6, 6.07) is 16.3. The van der Waals surface area contributed by atoms with Gasteiger partial charge in [-0.1, -0.05) is 42.5 Å². The van der Waals surface area contributed by atoms with E-state index >= 15 is 0 Å². The normalized spacial score (nSPS) is 18.0. The number of halogens is 1. The summed E-state index contributed by atoms with van der Waals surface area (Å²) in [6.45, 7) is 1.74. The third kappa shape index (κ3) is 4.17. The Balaban J connectivity index is 1.67. The topological polar surface area (TPSA) is 29.5 Å². The van der Waals surface area contributed by atoms with Gasteiger partial charge in [0.1, 0.15) is 5.82 Å². The lowest BCUT2D eigenvalue weighted by Gasteiger charge is -2.36. The predicted molar refractivity (Wildman–Crippen MR) is 86.6 cm³/mol. The summed E-state index contributed by atoms with van der Waals surface area (Å²) in [4.78, 5) is 14.5. The second-order valence-corrected chi connectivity index (χ2v) is 5.81. The number of carbonyl (C=O) groups excluding carboxylic acids is 1. The van der Waals surface area contributed by atoms with E-state index in [0.29, 0.717) is 26.2 Å². The van der Waals surface area contributed by atoms with Crippen LogP contribution in [0.25, 0.3) is 0 Å². The average Bonchev–Trinajstić information content (AvgIpc) is 2.58. The Bertz CT molecular complexity index is 642. The van der Waals surface area contributed by atoms with E-state index in [1.807, 2.05) is 23.1 Å². The molecule has 1 atom stereocenters. The van der Waals surface area contributed by atoms with E-state index in [1.165, 1.54) is 17.7 Å². The first-order valence-electron chi connectivity index (χ1n) is 7.88. The van der Waals surface area contributed by atoms with E-state index in [-0.39, 0.29) is 17.8 Å². The number of rotatable bonds is 4. The van der Waals surface area contributed by atoms with Crippen molar-refractivity contribution in [3.63, 3.8) is 0 Å². The third-order valence-corrected chi connectivity index (χ3v) is 4.13. The van der Waals surface area contributed by atoms with Crippen LogP contribution in [-0.2, 0) is 22.4 Å². The number of carbonyl (C=O) groups is 1. The molecule has 2 aromatic carbocycles. The minimum Gasteiger partial charge on any atom is -0.377 e. The summed E-state index contributed by atoms with van der Waals surface area (Å²) in [6.07, 6.45) is 1.08. The smallest absolute Gasteiger partial charge is 0.227 e. The van der Waals surface area contributed by atoms with E-state index in [1.54, 1.807) is 12.1 Å². The fraction of sp³-hybridized carbons (Fsp3) is 0.316. The van der Waals surface area contributed by atoms with Crippen LogP contribution in [0.3, 0.4) is 0 Å². The number of hydrogen-bond donors (Lipinski definition) is 0.